The number of nitrogens with zero attached hydrogens (tertiary/aromatic N) is 1. The van der Waals surface area contributed by atoms with Crippen molar-refractivity contribution in [3.8, 4) is 15.8 Å². The molecule has 2 aromatic heterocycles. The van der Waals surface area contributed by atoms with Gasteiger partial charge in [-0.25, -0.2) is 4.39 Å². The van der Waals surface area contributed by atoms with Crippen LogP contribution < -0.4 is 5.73 Å². The SMILES string of the molecule is CCCc1c(-c2cc3ccc(F)cc3s2)sc(C#N)c1N. The zero-order valence-electron chi connectivity index (χ0n) is 11.4. The van der Waals surface area contributed by atoms with Gasteiger partial charge >= 0.3 is 0 Å². The van der Waals surface area contributed by atoms with Gasteiger partial charge < -0.3 is 5.73 Å². The van der Waals surface area contributed by atoms with E-state index in [0.29, 0.717) is 10.6 Å². The summed E-state index contributed by atoms with van der Waals surface area (Å²) in [5, 5.41) is 10.2. The van der Waals surface area contributed by atoms with Crippen molar-refractivity contribution in [3.05, 3.63) is 40.5 Å². The first-order valence-electron chi connectivity index (χ1n) is 6.64. The van der Waals surface area contributed by atoms with Crippen molar-refractivity contribution in [2.24, 2.45) is 0 Å². The normalized spacial score (nSPS) is 10.9. The van der Waals surface area contributed by atoms with Crippen LogP contribution in [0.4, 0.5) is 10.1 Å². The molecule has 106 valence electrons. The van der Waals surface area contributed by atoms with Crippen molar-refractivity contribution in [1.82, 2.24) is 0 Å². The van der Waals surface area contributed by atoms with Crippen LogP contribution in [0.2, 0.25) is 0 Å². The highest BCUT2D eigenvalue weighted by Gasteiger charge is 2.18. The van der Waals surface area contributed by atoms with E-state index in [-0.39, 0.29) is 5.82 Å². The predicted molar refractivity (Wildman–Crippen MR) is 88.2 cm³/mol. The van der Waals surface area contributed by atoms with Gasteiger partial charge in [0.15, 0.2) is 0 Å². The second-order valence-electron chi connectivity index (χ2n) is 4.81. The van der Waals surface area contributed by atoms with Crippen molar-refractivity contribution >= 4 is 38.4 Å². The fourth-order valence-corrected chi connectivity index (χ4v) is 4.66. The van der Waals surface area contributed by atoms with Gasteiger partial charge in [0.25, 0.3) is 0 Å². The molecule has 21 heavy (non-hydrogen) atoms. The van der Waals surface area contributed by atoms with Crippen molar-refractivity contribution in [2.75, 3.05) is 5.73 Å². The van der Waals surface area contributed by atoms with Gasteiger partial charge in [-0.05, 0) is 35.6 Å². The number of nitrogen functional groups attached to an aromatic ring is 1. The summed E-state index contributed by atoms with van der Waals surface area (Å²) < 4.78 is 14.2. The summed E-state index contributed by atoms with van der Waals surface area (Å²) >= 11 is 2.97. The van der Waals surface area contributed by atoms with Gasteiger partial charge in [-0.3, -0.25) is 0 Å². The van der Waals surface area contributed by atoms with Gasteiger partial charge in [-0.15, -0.1) is 22.7 Å². The third-order valence-corrected chi connectivity index (χ3v) is 5.79. The Morgan fingerprint density at radius 3 is 2.81 bits per heavy atom. The average Bonchev–Trinajstić information content (AvgIpc) is 3.01. The Kier molecular flexibility index (Phi) is 3.66. The second-order valence-corrected chi connectivity index (χ2v) is 6.91. The number of anilines is 1. The summed E-state index contributed by atoms with van der Waals surface area (Å²) in [6.45, 7) is 2.09. The molecule has 3 aromatic rings. The number of hydrogen-bond acceptors (Lipinski definition) is 4. The molecule has 0 saturated heterocycles. The third kappa shape index (κ3) is 2.41. The van der Waals surface area contributed by atoms with Crippen LogP contribution in [0.15, 0.2) is 24.3 Å². The molecule has 0 amide bonds. The molecule has 0 aliphatic carbocycles. The van der Waals surface area contributed by atoms with E-state index in [0.717, 1.165) is 38.2 Å². The molecule has 0 bridgehead atoms. The van der Waals surface area contributed by atoms with Crippen LogP contribution >= 0.6 is 22.7 Å². The quantitative estimate of drug-likeness (QED) is 0.724. The van der Waals surface area contributed by atoms with E-state index in [4.69, 9.17) is 5.73 Å². The van der Waals surface area contributed by atoms with Crippen LogP contribution in [-0.2, 0) is 6.42 Å². The monoisotopic (exact) mass is 316 g/mol. The van der Waals surface area contributed by atoms with Crippen molar-refractivity contribution in [2.45, 2.75) is 19.8 Å². The third-order valence-electron chi connectivity index (χ3n) is 3.36. The zero-order valence-corrected chi connectivity index (χ0v) is 13.1. The van der Waals surface area contributed by atoms with E-state index >= 15 is 0 Å². The molecule has 0 saturated carbocycles. The maximum absolute atomic E-state index is 13.3. The summed E-state index contributed by atoms with van der Waals surface area (Å²) in [5.74, 6) is -0.229. The lowest BCUT2D eigenvalue weighted by Gasteiger charge is -2.01. The molecule has 0 unspecified atom stereocenters. The molecule has 2 nitrogen and oxygen atoms in total. The molecule has 0 atom stereocenters. The number of nitrogens with two attached hydrogens (primary N) is 1. The standard InChI is InChI=1S/C16H13FN2S2/c1-2-3-11-15(19)14(8-18)21-16(11)13-6-9-4-5-10(17)7-12(9)20-13/h4-7H,2-3,19H2,1H3. The number of benzene rings is 1. The lowest BCUT2D eigenvalue weighted by Crippen LogP contribution is -1.92. The van der Waals surface area contributed by atoms with Gasteiger partial charge in [-0.2, -0.15) is 5.26 Å². The summed E-state index contributed by atoms with van der Waals surface area (Å²) in [6.07, 6.45) is 1.82. The first kappa shape index (κ1) is 14.1. The van der Waals surface area contributed by atoms with E-state index in [1.54, 1.807) is 23.5 Å². The van der Waals surface area contributed by atoms with Crippen molar-refractivity contribution in [3.63, 3.8) is 0 Å². The number of nitriles is 1. The summed E-state index contributed by atoms with van der Waals surface area (Å²) in [5.41, 5.74) is 7.74. The van der Waals surface area contributed by atoms with Crippen LogP contribution in [0.5, 0.6) is 0 Å². The fourth-order valence-electron chi connectivity index (χ4n) is 2.38. The Balaban J connectivity index is 2.19. The maximum atomic E-state index is 13.3. The van der Waals surface area contributed by atoms with E-state index in [9.17, 15) is 9.65 Å². The Morgan fingerprint density at radius 2 is 2.10 bits per heavy atom. The molecule has 3 rings (SSSR count). The molecule has 0 spiro atoms. The first-order valence-corrected chi connectivity index (χ1v) is 8.28. The minimum Gasteiger partial charge on any atom is -0.397 e. The van der Waals surface area contributed by atoms with Gasteiger partial charge in [0.1, 0.15) is 16.8 Å². The minimum atomic E-state index is -0.229. The molecule has 0 aliphatic rings. The first-order chi connectivity index (χ1) is 10.1. The minimum absolute atomic E-state index is 0.229. The highest BCUT2D eigenvalue weighted by molar-refractivity contribution is 7.26. The molecular formula is C16H13FN2S2. The number of halogens is 1. The molecule has 5 heteroatoms. The lowest BCUT2D eigenvalue weighted by molar-refractivity contribution is 0.630. The predicted octanol–water partition coefficient (Wildman–Crippen LogP) is 5.18. The Morgan fingerprint density at radius 1 is 1.29 bits per heavy atom. The van der Waals surface area contributed by atoms with E-state index in [1.807, 2.05) is 6.07 Å². The molecule has 0 radical (unpaired) electrons. The Hall–Kier alpha value is -1.90. The maximum Gasteiger partial charge on any atom is 0.128 e. The number of fused-ring (bicyclic) bond motifs is 1. The Labute approximate surface area is 130 Å². The molecule has 0 aliphatic heterocycles. The zero-order chi connectivity index (χ0) is 15.0. The van der Waals surface area contributed by atoms with Crippen LogP contribution in [0.1, 0.15) is 23.8 Å². The largest absolute Gasteiger partial charge is 0.397 e. The smallest absolute Gasteiger partial charge is 0.128 e. The van der Waals surface area contributed by atoms with Crippen LogP contribution in [0.3, 0.4) is 0 Å². The van der Waals surface area contributed by atoms with Gasteiger partial charge in [-0.1, -0.05) is 19.4 Å². The van der Waals surface area contributed by atoms with Crippen molar-refractivity contribution < 1.29 is 4.39 Å². The van der Waals surface area contributed by atoms with Crippen LogP contribution in [0, 0.1) is 17.1 Å². The van der Waals surface area contributed by atoms with E-state index in [2.05, 4.69) is 13.0 Å². The Bertz CT molecular complexity index is 855. The lowest BCUT2D eigenvalue weighted by atomic mass is 10.1. The van der Waals surface area contributed by atoms with E-state index in [1.165, 1.54) is 17.4 Å². The fraction of sp³-hybridized carbons (Fsp3) is 0.188. The topological polar surface area (TPSA) is 49.8 Å². The second kappa shape index (κ2) is 5.47. The summed E-state index contributed by atoms with van der Waals surface area (Å²) in [4.78, 5) is 2.67. The van der Waals surface area contributed by atoms with Gasteiger partial charge in [0.2, 0.25) is 0 Å². The van der Waals surface area contributed by atoms with Crippen molar-refractivity contribution in [1.29, 1.82) is 5.26 Å². The number of hydrogen-bond donors (Lipinski definition) is 1. The van der Waals surface area contributed by atoms with Crippen LogP contribution in [0.25, 0.3) is 19.8 Å². The summed E-state index contributed by atoms with van der Waals surface area (Å²) in [6, 6.07) is 9.01. The molecule has 2 heterocycles. The van der Waals surface area contributed by atoms with E-state index < -0.39 is 0 Å². The molecule has 0 fully saturated rings. The number of rotatable bonds is 3. The molecular weight excluding hydrogens is 303 g/mol. The molecule has 2 N–H and O–H groups in total. The summed E-state index contributed by atoms with van der Waals surface area (Å²) in [7, 11) is 0. The average molecular weight is 316 g/mol. The van der Waals surface area contributed by atoms with Crippen LogP contribution in [-0.4, -0.2) is 0 Å². The highest BCUT2D eigenvalue weighted by atomic mass is 32.1. The molecule has 1 aromatic carbocycles. The number of thiophene rings is 2. The van der Waals surface area contributed by atoms with Gasteiger partial charge in [0.05, 0.1) is 10.6 Å². The van der Waals surface area contributed by atoms with Gasteiger partial charge in [0, 0.05) is 9.58 Å². The highest BCUT2D eigenvalue weighted by Crippen LogP contribution is 2.43.